The van der Waals surface area contributed by atoms with Gasteiger partial charge in [-0.1, -0.05) is 19.8 Å². The number of hydrogen-bond donors (Lipinski definition) is 0. The molecule has 4 nitrogen and oxygen atoms in total. The van der Waals surface area contributed by atoms with E-state index >= 15 is 0 Å². The summed E-state index contributed by atoms with van der Waals surface area (Å²) in [6, 6.07) is -0.163. The Morgan fingerprint density at radius 1 is 1.10 bits per heavy atom. The third kappa shape index (κ3) is 2.82. The van der Waals surface area contributed by atoms with Crippen LogP contribution in [0.4, 0.5) is 0 Å². The fraction of sp³-hybridized carbons (Fsp3) is 0.882. The van der Waals surface area contributed by atoms with Crippen LogP contribution >= 0.6 is 0 Å². The van der Waals surface area contributed by atoms with Crippen LogP contribution in [0.2, 0.25) is 0 Å². The first-order chi connectivity index (χ1) is 10.2. The van der Waals surface area contributed by atoms with Crippen LogP contribution in [0.5, 0.6) is 0 Å². The van der Waals surface area contributed by atoms with E-state index in [-0.39, 0.29) is 17.9 Å². The van der Waals surface area contributed by atoms with E-state index in [1.165, 1.54) is 25.7 Å². The van der Waals surface area contributed by atoms with Crippen LogP contribution in [0.3, 0.4) is 0 Å². The van der Waals surface area contributed by atoms with Crippen molar-refractivity contribution in [3.05, 3.63) is 0 Å². The Kier molecular flexibility index (Phi) is 4.23. The summed E-state index contributed by atoms with van der Waals surface area (Å²) >= 11 is 0. The summed E-state index contributed by atoms with van der Waals surface area (Å²) in [5, 5.41) is 0. The van der Waals surface area contributed by atoms with E-state index in [1.807, 2.05) is 9.80 Å². The molecule has 2 saturated heterocycles. The number of amides is 2. The van der Waals surface area contributed by atoms with Gasteiger partial charge in [-0.3, -0.25) is 9.59 Å². The van der Waals surface area contributed by atoms with Crippen LogP contribution in [-0.2, 0) is 9.59 Å². The van der Waals surface area contributed by atoms with E-state index in [0.29, 0.717) is 18.4 Å². The number of piperidine rings is 1. The molecular weight excluding hydrogens is 264 g/mol. The summed E-state index contributed by atoms with van der Waals surface area (Å²) in [4.78, 5) is 29.1. The lowest BCUT2D eigenvalue weighted by Crippen LogP contribution is -2.51. The summed E-state index contributed by atoms with van der Waals surface area (Å²) in [5.74, 6) is 0.410. The normalized spacial score (nSPS) is 29.5. The minimum absolute atomic E-state index is 0.163. The number of fused-ring (bicyclic) bond motifs is 1. The van der Waals surface area contributed by atoms with Crippen molar-refractivity contribution >= 4 is 11.8 Å². The lowest BCUT2D eigenvalue weighted by atomic mass is 9.82. The first-order valence-corrected chi connectivity index (χ1v) is 8.73. The molecule has 21 heavy (non-hydrogen) atoms. The van der Waals surface area contributed by atoms with Crippen LogP contribution in [-0.4, -0.2) is 47.3 Å². The summed E-state index contributed by atoms with van der Waals surface area (Å²) in [6.07, 6.45) is 9.74. The van der Waals surface area contributed by atoms with Crippen molar-refractivity contribution < 1.29 is 9.59 Å². The highest BCUT2D eigenvalue weighted by Gasteiger charge is 2.41. The number of nitrogens with zero attached hydrogens (tertiary/aromatic N) is 2. The van der Waals surface area contributed by atoms with Crippen LogP contribution in [0.15, 0.2) is 0 Å². The molecule has 3 aliphatic rings. The molecule has 2 amide bonds. The molecule has 0 spiro atoms. The van der Waals surface area contributed by atoms with Crippen molar-refractivity contribution in [3.8, 4) is 0 Å². The predicted octanol–water partition coefficient (Wildman–Crippen LogP) is 2.57. The lowest BCUT2D eigenvalue weighted by molar-refractivity contribution is -0.143. The van der Waals surface area contributed by atoms with Crippen molar-refractivity contribution in [2.24, 2.45) is 5.41 Å². The molecule has 0 radical (unpaired) electrons. The molecule has 0 bridgehead atoms. The molecule has 3 fully saturated rings. The van der Waals surface area contributed by atoms with E-state index in [4.69, 9.17) is 0 Å². The molecule has 0 aromatic rings. The van der Waals surface area contributed by atoms with Gasteiger partial charge in [-0.25, -0.2) is 0 Å². The second kappa shape index (κ2) is 5.98. The molecule has 0 N–H and O–H groups in total. The average molecular weight is 292 g/mol. The average Bonchev–Trinajstić information content (AvgIpc) is 2.95. The van der Waals surface area contributed by atoms with Crippen LogP contribution in [0.25, 0.3) is 0 Å². The van der Waals surface area contributed by atoms with Crippen molar-refractivity contribution in [3.63, 3.8) is 0 Å². The Morgan fingerprint density at radius 3 is 2.57 bits per heavy atom. The molecule has 2 heterocycles. The summed E-state index contributed by atoms with van der Waals surface area (Å²) < 4.78 is 0. The Hall–Kier alpha value is -1.06. The molecule has 3 rings (SSSR count). The minimum Gasteiger partial charge on any atom is -0.340 e. The van der Waals surface area contributed by atoms with Gasteiger partial charge in [-0.05, 0) is 43.9 Å². The van der Waals surface area contributed by atoms with Crippen LogP contribution in [0, 0.1) is 5.41 Å². The molecule has 2 aliphatic heterocycles. The second-order valence-corrected chi connectivity index (χ2v) is 7.17. The van der Waals surface area contributed by atoms with Gasteiger partial charge in [0.2, 0.25) is 11.8 Å². The molecule has 1 atom stereocenters. The zero-order valence-corrected chi connectivity index (χ0v) is 13.3. The van der Waals surface area contributed by atoms with Gasteiger partial charge in [0.1, 0.15) is 6.04 Å². The summed E-state index contributed by atoms with van der Waals surface area (Å²) in [7, 11) is 0. The highest BCUT2D eigenvalue weighted by Crippen LogP contribution is 2.42. The molecule has 1 unspecified atom stereocenters. The molecule has 118 valence electrons. The van der Waals surface area contributed by atoms with Gasteiger partial charge in [0, 0.05) is 26.1 Å². The zero-order valence-electron chi connectivity index (χ0n) is 13.3. The molecule has 0 aromatic heterocycles. The third-order valence-electron chi connectivity index (χ3n) is 5.96. The van der Waals surface area contributed by atoms with E-state index in [9.17, 15) is 9.59 Å². The van der Waals surface area contributed by atoms with Gasteiger partial charge in [0.25, 0.3) is 0 Å². The van der Waals surface area contributed by atoms with E-state index in [1.54, 1.807) is 0 Å². The summed E-state index contributed by atoms with van der Waals surface area (Å²) in [6.45, 7) is 4.54. The fourth-order valence-corrected chi connectivity index (χ4v) is 4.49. The molecule has 1 aliphatic carbocycles. The standard InChI is InChI=1S/C17H28N2O2/c1-2-17(9-4-5-10-17)13-18-12-8-15(20)19-11-6-3-7-14(19)16(18)21/h14H,2-13H2,1H3. The predicted molar refractivity (Wildman–Crippen MR) is 81.7 cm³/mol. The first kappa shape index (κ1) is 14.9. The molecule has 0 aromatic carbocycles. The van der Waals surface area contributed by atoms with Gasteiger partial charge in [-0.2, -0.15) is 0 Å². The van der Waals surface area contributed by atoms with Crippen molar-refractivity contribution in [2.75, 3.05) is 19.6 Å². The molecule has 1 saturated carbocycles. The maximum Gasteiger partial charge on any atom is 0.245 e. The number of rotatable bonds is 3. The first-order valence-electron chi connectivity index (χ1n) is 8.73. The van der Waals surface area contributed by atoms with Gasteiger partial charge in [0.05, 0.1) is 0 Å². The van der Waals surface area contributed by atoms with Gasteiger partial charge in [0.15, 0.2) is 0 Å². The largest absolute Gasteiger partial charge is 0.340 e. The Morgan fingerprint density at radius 2 is 1.86 bits per heavy atom. The van der Waals surface area contributed by atoms with E-state index in [0.717, 1.165) is 38.8 Å². The maximum atomic E-state index is 12.9. The maximum absolute atomic E-state index is 12.9. The topological polar surface area (TPSA) is 40.6 Å². The second-order valence-electron chi connectivity index (χ2n) is 7.17. The zero-order chi connectivity index (χ0) is 14.9. The number of carbonyl (C=O) groups excluding carboxylic acids is 2. The van der Waals surface area contributed by atoms with Gasteiger partial charge < -0.3 is 9.80 Å². The monoisotopic (exact) mass is 292 g/mol. The third-order valence-corrected chi connectivity index (χ3v) is 5.96. The quantitative estimate of drug-likeness (QED) is 0.802. The number of hydrogen-bond acceptors (Lipinski definition) is 2. The van der Waals surface area contributed by atoms with Crippen molar-refractivity contribution in [2.45, 2.75) is 70.8 Å². The smallest absolute Gasteiger partial charge is 0.245 e. The SMILES string of the molecule is CCC1(CN2CCC(=O)N3CCCCC3C2=O)CCCC1. The Balaban J connectivity index is 1.76. The summed E-state index contributed by atoms with van der Waals surface area (Å²) in [5.41, 5.74) is 0.322. The lowest BCUT2D eigenvalue weighted by Gasteiger charge is -2.37. The highest BCUT2D eigenvalue weighted by molar-refractivity contribution is 5.90. The molecule has 4 heteroatoms. The van der Waals surface area contributed by atoms with E-state index in [2.05, 4.69) is 6.92 Å². The Labute approximate surface area is 127 Å². The van der Waals surface area contributed by atoms with Gasteiger partial charge >= 0.3 is 0 Å². The van der Waals surface area contributed by atoms with Crippen LogP contribution < -0.4 is 0 Å². The van der Waals surface area contributed by atoms with Crippen LogP contribution in [0.1, 0.15) is 64.7 Å². The fourth-order valence-electron chi connectivity index (χ4n) is 4.49. The molecular formula is C17H28N2O2. The van der Waals surface area contributed by atoms with Crippen molar-refractivity contribution in [1.29, 1.82) is 0 Å². The van der Waals surface area contributed by atoms with Crippen molar-refractivity contribution in [1.82, 2.24) is 9.80 Å². The number of carbonyl (C=O) groups is 2. The highest BCUT2D eigenvalue weighted by atomic mass is 16.2. The van der Waals surface area contributed by atoms with Gasteiger partial charge in [-0.15, -0.1) is 0 Å². The van der Waals surface area contributed by atoms with E-state index < -0.39 is 0 Å². The Bertz CT molecular complexity index is 415. The minimum atomic E-state index is -0.163.